The average Bonchev–Trinajstić information content (AvgIpc) is 2.96. The number of thioether (sulfide) groups is 1. The van der Waals surface area contributed by atoms with Crippen LogP contribution in [0.4, 0.5) is 5.69 Å². The Morgan fingerprint density at radius 2 is 1.64 bits per heavy atom. The number of carbonyl (C=O) groups excluding carboxylic acids is 2. The Morgan fingerprint density at radius 1 is 0.897 bits per heavy atom. The van der Waals surface area contributed by atoms with E-state index in [4.69, 9.17) is 0 Å². The van der Waals surface area contributed by atoms with Crippen LogP contribution in [0.2, 0.25) is 0 Å². The van der Waals surface area contributed by atoms with Gasteiger partial charge in [0, 0.05) is 15.7 Å². The summed E-state index contributed by atoms with van der Waals surface area (Å²) in [6.45, 7) is 0. The van der Waals surface area contributed by atoms with Crippen molar-refractivity contribution < 1.29 is 9.59 Å². The van der Waals surface area contributed by atoms with Gasteiger partial charge in [0.15, 0.2) is 10.9 Å². The highest BCUT2D eigenvalue weighted by atomic mass is 79.9. The topological polar surface area (TPSA) is 81.1 Å². The molecule has 0 aliphatic heterocycles. The van der Waals surface area contributed by atoms with Crippen LogP contribution >= 0.6 is 27.7 Å². The second kappa shape index (κ2) is 12.1. The summed E-state index contributed by atoms with van der Waals surface area (Å²) >= 11 is 4.57. The van der Waals surface area contributed by atoms with E-state index >= 15 is 0 Å². The number of anilines is 1. The summed E-state index contributed by atoms with van der Waals surface area (Å²) in [5, 5.41) is 3.77. The standard InChI is InChI=1S/C31H22BrN3O3S/c32-23-16-13-21(14-17-23)15-18-28(36)22-7-6-8-24(19-22)33-29(37)20-39-31-34-27-12-5-4-11-26(27)30(38)35(31)25-9-2-1-3-10-25/h1-19H,20H2,(H,33,37)/b18-15+. The molecule has 1 N–H and O–H groups in total. The number of aromatic nitrogens is 2. The maximum atomic E-state index is 13.3. The molecule has 0 bridgehead atoms. The molecule has 0 saturated carbocycles. The second-order valence-corrected chi connectivity index (χ2v) is 10.4. The summed E-state index contributed by atoms with van der Waals surface area (Å²) in [7, 11) is 0. The van der Waals surface area contributed by atoms with Gasteiger partial charge >= 0.3 is 0 Å². The van der Waals surface area contributed by atoms with E-state index < -0.39 is 0 Å². The van der Waals surface area contributed by atoms with Crippen LogP contribution in [-0.2, 0) is 4.79 Å². The Bertz CT molecular complexity index is 1750. The van der Waals surface area contributed by atoms with Gasteiger partial charge < -0.3 is 5.32 Å². The third kappa shape index (κ3) is 6.42. The molecule has 8 heteroatoms. The minimum absolute atomic E-state index is 0.0270. The molecule has 0 spiro atoms. The van der Waals surface area contributed by atoms with Crippen molar-refractivity contribution in [1.29, 1.82) is 0 Å². The van der Waals surface area contributed by atoms with Gasteiger partial charge in [0.2, 0.25) is 5.91 Å². The molecule has 0 aliphatic rings. The first-order chi connectivity index (χ1) is 19.0. The SMILES string of the molecule is O=C(CSc1nc2ccccc2c(=O)n1-c1ccccc1)Nc1cccc(C(=O)/C=C/c2ccc(Br)cc2)c1. The number of benzene rings is 4. The monoisotopic (exact) mass is 595 g/mol. The fourth-order valence-electron chi connectivity index (χ4n) is 3.93. The van der Waals surface area contributed by atoms with Gasteiger partial charge in [-0.3, -0.25) is 19.0 Å². The van der Waals surface area contributed by atoms with E-state index in [9.17, 15) is 14.4 Å². The van der Waals surface area contributed by atoms with Gasteiger partial charge in [-0.25, -0.2) is 4.98 Å². The summed E-state index contributed by atoms with van der Waals surface area (Å²) in [6, 6.07) is 30.8. The largest absolute Gasteiger partial charge is 0.325 e. The lowest BCUT2D eigenvalue weighted by molar-refractivity contribution is -0.113. The number of allylic oxidation sites excluding steroid dienone is 1. The molecule has 0 radical (unpaired) electrons. The van der Waals surface area contributed by atoms with Gasteiger partial charge in [-0.2, -0.15) is 0 Å². The molecule has 5 rings (SSSR count). The van der Waals surface area contributed by atoms with Crippen molar-refractivity contribution in [1.82, 2.24) is 9.55 Å². The number of para-hydroxylation sites is 2. The zero-order chi connectivity index (χ0) is 27.2. The summed E-state index contributed by atoms with van der Waals surface area (Å²) in [4.78, 5) is 43.5. The van der Waals surface area contributed by atoms with Crippen LogP contribution < -0.4 is 10.9 Å². The zero-order valence-electron chi connectivity index (χ0n) is 20.6. The summed E-state index contributed by atoms with van der Waals surface area (Å²) in [6.07, 6.45) is 3.26. The van der Waals surface area contributed by atoms with E-state index in [1.807, 2.05) is 60.7 Å². The number of halogens is 1. The van der Waals surface area contributed by atoms with Crippen molar-refractivity contribution in [2.45, 2.75) is 5.16 Å². The molecule has 6 nitrogen and oxygen atoms in total. The molecule has 5 aromatic rings. The number of amides is 1. The number of rotatable bonds is 8. The van der Waals surface area contributed by atoms with E-state index in [-0.39, 0.29) is 23.0 Å². The number of nitrogens with one attached hydrogen (secondary N) is 1. The summed E-state index contributed by atoms with van der Waals surface area (Å²) in [5.74, 6) is -0.424. The first kappa shape index (κ1) is 26.3. The molecule has 192 valence electrons. The minimum atomic E-state index is -0.281. The molecule has 0 unspecified atom stereocenters. The maximum absolute atomic E-state index is 13.3. The molecular formula is C31H22BrN3O3S. The van der Waals surface area contributed by atoms with Crippen molar-refractivity contribution in [3.8, 4) is 5.69 Å². The van der Waals surface area contributed by atoms with Crippen molar-refractivity contribution in [2.24, 2.45) is 0 Å². The first-order valence-electron chi connectivity index (χ1n) is 12.1. The van der Waals surface area contributed by atoms with Gasteiger partial charge in [0.25, 0.3) is 5.56 Å². The number of nitrogens with zero attached hydrogens (tertiary/aromatic N) is 2. The predicted molar refractivity (Wildman–Crippen MR) is 161 cm³/mol. The van der Waals surface area contributed by atoms with E-state index in [1.165, 1.54) is 22.4 Å². The van der Waals surface area contributed by atoms with Crippen molar-refractivity contribution >= 4 is 62.0 Å². The molecular weight excluding hydrogens is 574 g/mol. The molecule has 4 aromatic carbocycles. The van der Waals surface area contributed by atoms with Gasteiger partial charge in [-0.1, -0.05) is 88.4 Å². The molecule has 0 atom stereocenters. The predicted octanol–water partition coefficient (Wildman–Crippen LogP) is 6.78. The fourth-order valence-corrected chi connectivity index (χ4v) is 5.01. The number of hydrogen-bond donors (Lipinski definition) is 1. The zero-order valence-corrected chi connectivity index (χ0v) is 23.0. The normalized spacial score (nSPS) is 11.1. The summed E-state index contributed by atoms with van der Waals surface area (Å²) < 4.78 is 2.49. The van der Waals surface area contributed by atoms with E-state index in [1.54, 1.807) is 48.5 Å². The fraction of sp³-hybridized carbons (Fsp3) is 0.0323. The maximum Gasteiger partial charge on any atom is 0.266 e. The number of ketones is 1. The first-order valence-corrected chi connectivity index (χ1v) is 13.8. The highest BCUT2D eigenvalue weighted by Crippen LogP contribution is 2.22. The van der Waals surface area contributed by atoms with E-state index in [0.29, 0.717) is 33.0 Å². The Balaban J connectivity index is 1.31. The highest BCUT2D eigenvalue weighted by molar-refractivity contribution is 9.10. The second-order valence-electron chi connectivity index (χ2n) is 8.55. The van der Waals surface area contributed by atoms with Gasteiger partial charge in [-0.15, -0.1) is 0 Å². The third-order valence-electron chi connectivity index (χ3n) is 5.82. The minimum Gasteiger partial charge on any atom is -0.325 e. The van der Waals surface area contributed by atoms with Crippen molar-refractivity contribution in [2.75, 3.05) is 11.1 Å². The Morgan fingerprint density at radius 3 is 2.44 bits per heavy atom. The third-order valence-corrected chi connectivity index (χ3v) is 7.29. The van der Waals surface area contributed by atoms with E-state index in [2.05, 4.69) is 26.2 Å². The molecule has 1 amide bonds. The number of carbonyl (C=O) groups is 2. The number of hydrogen-bond acceptors (Lipinski definition) is 5. The molecule has 1 aromatic heterocycles. The Hall–Kier alpha value is -4.27. The lowest BCUT2D eigenvalue weighted by Crippen LogP contribution is -2.23. The summed E-state index contributed by atoms with van der Waals surface area (Å²) in [5.41, 5.74) is 2.92. The lowest BCUT2D eigenvalue weighted by atomic mass is 10.1. The van der Waals surface area contributed by atoms with Crippen LogP contribution in [-0.4, -0.2) is 27.0 Å². The van der Waals surface area contributed by atoms with Gasteiger partial charge in [0.1, 0.15) is 0 Å². The van der Waals surface area contributed by atoms with Crippen LogP contribution in [0.1, 0.15) is 15.9 Å². The van der Waals surface area contributed by atoms with Crippen LogP contribution in [0, 0.1) is 0 Å². The highest BCUT2D eigenvalue weighted by Gasteiger charge is 2.15. The van der Waals surface area contributed by atoms with Crippen LogP contribution in [0.15, 0.2) is 124 Å². The lowest BCUT2D eigenvalue weighted by Gasteiger charge is -2.13. The Kier molecular flexibility index (Phi) is 8.15. The molecule has 0 saturated heterocycles. The molecule has 1 heterocycles. The number of fused-ring (bicyclic) bond motifs is 1. The van der Waals surface area contributed by atoms with Crippen LogP contribution in [0.25, 0.3) is 22.7 Å². The molecule has 0 fully saturated rings. The van der Waals surface area contributed by atoms with Crippen LogP contribution in [0.3, 0.4) is 0 Å². The smallest absolute Gasteiger partial charge is 0.266 e. The Labute approximate surface area is 237 Å². The quantitative estimate of drug-likeness (QED) is 0.0925. The van der Waals surface area contributed by atoms with Gasteiger partial charge in [0.05, 0.1) is 22.3 Å². The average molecular weight is 597 g/mol. The van der Waals surface area contributed by atoms with Crippen molar-refractivity contribution in [3.63, 3.8) is 0 Å². The molecule has 39 heavy (non-hydrogen) atoms. The van der Waals surface area contributed by atoms with E-state index in [0.717, 1.165) is 10.0 Å². The van der Waals surface area contributed by atoms with Gasteiger partial charge in [-0.05, 0) is 60.2 Å². The molecule has 0 aliphatic carbocycles. The van der Waals surface area contributed by atoms with Crippen LogP contribution in [0.5, 0.6) is 0 Å². The van der Waals surface area contributed by atoms with Crippen molar-refractivity contribution in [3.05, 3.63) is 135 Å².